The van der Waals surface area contributed by atoms with Crippen molar-refractivity contribution in [1.29, 1.82) is 0 Å². The van der Waals surface area contributed by atoms with Gasteiger partial charge in [-0.15, -0.1) is 11.6 Å². The summed E-state index contributed by atoms with van der Waals surface area (Å²) in [6.45, 7) is 1.49. The van der Waals surface area contributed by atoms with E-state index in [1.165, 1.54) is 6.92 Å². The first-order valence-corrected chi connectivity index (χ1v) is 29.4. The number of aliphatic hydroxyl groups excluding tert-OH is 5. The molecular formula is C53H92ClN13O19. The highest BCUT2D eigenvalue weighted by Gasteiger charge is 2.40. The minimum absolute atomic E-state index is 0.0576. The van der Waals surface area contributed by atoms with Crippen molar-refractivity contribution >= 4 is 82.6 Å². The van der Waals surface area contributed by atoms with E-state index in [1.54, 1.807) is 0 Å². The standard InChI is InChI=1S/C53H92ClN13O19/c1-4-6-7-8-9-10-11-12-13-16-30(70)25-38(72)59-36-28-86-53(85)41(37(71)27-54)66-44(76)31(5-2)60-50(82)40(29(3)69)65-47(79)34(19-22-57)63-51(83)42(43(75)52(84)58-23-24-68)67-46(78)32(17-14-15-20-55)61-48(80)35(26-39(73)74)64-45(77)33(18-21-56)62-49(36)81/h5,29-30,32-37,40-43,68-71,75H,4,6-28,55-57H2,1-3H3,(H,58,84)(H,59,72)(H,60,82)(H,61,80)(H,62,81)(H,63,83)(H,64,77)(H,65,79)(H,66,76)(H,67,78)(H,73,74)/b31-5+/t29-,30+,32?,33?,34-,35-,36?,37+,40?,41?,42?,43-/m0/s1. The number of ether oxygens (including phenoxy) is 1. The number of carboxylic acids is 1. The van der Waals surface area contributed by atoms with Crippen molar-refractivity contribution in [3.63, 3.8) is 0 Å². The Morgan fingerprint density at radius 3 is 1.71 bits per heavy atom. The molecular weight excluding hydrogens is 1160 g/mol. The summed E-state index contributed by atoms with van der Waals surface area (Å²) in [6, 6.07) is -15.8. The van der Waals surface area contributed by atoms with E-state index in [4.69, 9.17) is 33.5 Å². The summed E-state index contributed by atoms with van der Waals surface area (Å²) < 4.78 is 5.35. The zero-order valence-corrected chi connectivity index (χ0v) is 49.8. The SMILES string of the molecule is C/C=C1/NC(=O)C([C@H](C)O)NC(=O)[C@H](CCN)NC(=O)C([C@H](O)C(=O)NCCO)NC(=O)C(CCCCN)NC(=O)[C@H](CC(=O)O)NC(=O)C(CCN)NC(=O)C(NC(=O)C[C@H](O)CCCCCCCCCCC)COC(=O)C([C@H](O)CCl)NC1=O. The predicted molar refractivity (Wildman–Crippen MR) is 308 cm³/mol. The number of carboxylic acid groups (broad SMARTS) is 1. The molecule has 6 unspecified atom stereocenters. The average molecular weight is 1250 g/mol. The molecule has 22 N–H and O–H groups in total. The van der Waals surface area contributed by atoms with E-state index in [-0.39, 0.29) is 45.3 Å². The fourth-order valence-electron chi connectivity index (χ4n) is 8.52. The summed E-state index contributed by atoms with van der Waals surface area (Å²) in [5.74, 6) is -16.7. The molecule has 1 heterocycles. The largest absolute Gasteiger partial charge is 0.481 e. The van der Waals surface area contributed by atoms with Gasteiger partial charge in [0.05, 0.1) is 43.6 Å². The number of rotatable bonds is 30. The molecule has 0 radical (unpaired) electrons. The zero-order chi connectivity index (χ0) is 64.9. The van der Waals surface area contributed by atoms with Gasteiger partial charge in [-0.1, -0.05) is 70.8 Å². The van der Waals surface area contributed by atoms with Gasteiger partial charge < -0.3 is 106 Å². The molecule has 12 atom stereocenters. The van der Waals surface area contributed by atoms with E-state index in [0.29, 0.717) is 6.42 Å². The van der Waals surface area contributed by atoms with E-state index in [9.17, 15) is 88.2 Å². The minimum atomic E-state index is -2.52. The van der Waals surface area contributed by atoms with Crippen molar-refractivity contribution in [2.24, 2.45) is 17.2 Å². The summed E-state index contributed by atoms with van der Waals surface area (Å²) in [5.41, 5.74) is 16.6. The Kier molecular flexibility index (Phi) is 38.7. The van der Waals surface area contributed by atoms with Gasteiger partial charge in [0.2, 0.25) is 47.3 Å². The maximum absolute atomic E-state index is 14.2. The number of aliphatic hydroxyl groups is 5. The molecule has 1 aliphatic heterocycles. The molecule has 0 aromatic heterocycles. The maximum Gasteiger partial charge on any atom is 0.331 e. The number of esters is 1. The molecule has 1 rings (SSSR count). The minimum Gasteiger partial charge on any atom is -0.481 e. The molecule has 33 heteroatoms. The Bertz CT molecular complexity index is 2250. The third-order valence-corrected chi connectivity index (χ3v) is 13.7. The van der Waals surface area contributed by atoms with E-state index in [0.717, 1.165) is 64.4 Å². The molecule has 86 heavy (non-hydrogen) atoms. The molecule has 490 valence electrons. The fourth-order valence-corrected chi connectivity index (χ4v) is 8.70. The van der Waals surface area contributed by atoms with Gasteiger partial charge in [0.15, 0.2) is 12.1 Å². The summed E-state index contributed by atoms with van der Waals surface area (Å²) >= 11 is 5.91. The Balaban J connectivity index is 4.06. The average Bonchev–Trinajstić information content (AvgIpc) is 2.70. The van der Waals surface area contributed by atoms with Crippen LogP contribution in [0.5, 0.6) is 0 Å². The number of hydrogen-bond donors (Lipinski definition) is 19. The molecule has 32 nitrogen and oxygen atoms in total. The fraction of sp³-hybridized carbons (Fsp3) is 0.736. The van der Waals surface area contributed by atoms with Gasteiger partial charge in [-0.2, -0.15) is 0 Å². The molecule has 0 bridgehead atoms. The number of allylic oxidation sites excluding steroid dienone is 1. The third kappa shape index (κ3) is 29.2. The number of alkyl halides is 1. The second-order valence-corrected chi connectivity index (χ2v) is 20.9. The van der Waals surface area contributed by atoms with Crippen LogP contribution in [-0.2, 0) is 62.3 Å². The van der Waals surface area contributed by atoms with Crippen LogP contribution < -0.4 is 70.4 Å². The number of halogens is 1. The maximum atomic E-state index is 14.2. The second kappa shape index (κ2) is 43.1. The van der Waals surface area contributed by atoms with E-state index < -0.39 is 201 Å². The number of aliphatic carboxylic acids is 1. The number of unbranched alkanes of at least 4 members (excludes halogenated alkanes) is 9. The van der Waals surface area contributed by atoms with Crippen LogP contribution in [0.15, 0.2) is 11.8 Å². The van der Waals surface area contributed by atoms with E-state index >= 15 is 0 Å². The number of nitrogens with one attached hydrogen (secondary N) is 10. The van der Waals surface area contributed by atoms with Gasteiger partial charge in [-0.05, 0) is 72.0 Å². The lowest BCUT2D eigenvalue weighted by Gasteiger charge is -2.29. The zero-order valence-electron chi connectivity index (χ0n) is 49.1. The topological polar surface area (TPSA) is 534 Å². The van der Waals surface area contributed by atoms with Crippen LogP contribution in [0.2, 0.25) is 0 Å². The molecule has 0 spiro atoms. The lowest BCUT2D eigenvalue weighted by atomic mass is 10.0. The van der Waals surface area contributed by atoms with Gasteiger partial charge in [-0.3, -0.25) is 52.7 Å². The van der Waals surface area contributed by atoms with E-state index in [1.807, 2.05) is 0 Å². The molecule has 1 saturated heterocycles. The Hall–Kier alpha value is -6.65. The van der Waals surface area contributed by atoms with Crippen LogP contribution in [-0.4, -0.2) is 220 Å². The van der Waals surface area contributed by atoms with Gasteiger partial charge in [-0.25, -0.2) is 4.79 Å². The van der Waals surface area contributed by atoms with Gasteiger partial charge in [0.1, 0.15) is 54.6 Å². The van der Waals surface area contributed by atoms with Crippen LogP contribution in [0.3, 0.4) is 0 Å². The summed E-state index contributed by atoms with van der Waals surface area (Å²) in [7, 11) is 0. The Morgan fingerprint density at radius 2 is 1.17 bits per heavy atom. The van der Waals surface area contributed by atoms with Gasteiger partial charge in [0, 0.05) is 6.54 Å². The van der Waals surface area contributed by atoms with Crippen molar-refractivity contribution in [1.82, 2.24) is 53.2 Å². The van der Waals surface area contributed by atoms with Crippen molar-refractivity contribution in [2.45, 2.75) is 203 Å². The van der Waals surface area contributed by atoms with Crippen molar-refractivity contribution in [3.05, 3.63) is 11.8 Å². The van der Waals surface area contributed by atoms with Crippen molar-refractivity contribution < 1.29 is 92.9 Å². The molecule has 1 fully saturated rings. The number of cyclic esters (lactones) is 1. The molecule has 0 aromatic carbocycles. The highest BCUT2D eigenvalue weighted by atomic mass is 35.5. The first kappa shape index (κ1) is 77.4. The molecule has 0 saturated carbocycles. The normalized spacial score (nSPS) is 24.0. The highest BCUT2D eigenvalue weighted by Crippen LogP contribution is 2.14. The highest BCUT2D eigenvalue weighted by molar-refractivity contribution is 6.18. The number of carbonyl (C=O) groups excluding carboxylic acids is 11. The van der Waals surface area contributed by atoms with Crippen LogP contribution >= 0.6 is 11.6 Å². The van der Waals surface area contributed by atoms with E-state index in [2.05, 4.69) is 60.1 Å². The van der Waals surface area contributed by atoms with Crippen LogP contribution in [0, 0.1) is 0 Å². The first-order valence-electron chi connectivity index (χ1n) is 28.9. The van der Waals surface area contributed by atoms with Crippen LogP contribution in [0.4, 0.5) is 0 Å². The first-order chi connectivity index (χ1) is 40.8. The van der Waals surface area contributed by atoms with Gasteiger partial charge >= 0.3 is 11.9 Å². The lowest BCUT2D eigenvalue weighted by Crippen LogP contribution is -2.64. The number of hydrogen-bond acceptors (Lipinski definition) is 21. The summed E-state index contributed by atoms with van der Waals surface area (Å²) in [4.78, 5) is 165. The monoisotopic (exact) mass is 1250 g/mol. The van der Waals surface area contributed by atoms with Crippen LogP contribution in [0.1, 0.15) is 130 Å². The molecule has 0 aliphatic carbocycles. The number of carbonyl (C=O) groups is 12. The Labute approximate surface area is 504 Å². The molecule has 0 aromatic rings. The van der Waals surface area contributed by atoms with Crippen molar-refractivity contribution in [3.8, 4) is 0 Å². The molecule has 10 amide bonds. The summed E-state index contributed by atoms with van der Waals surface area (Å²) in [5, 5.41) is 84.9. The summed E-state index contributed by atoms with van der Waals surface area (Å²) in [6.07, 6.45) is -0.157. The van der Waals surface area contributed by atoms with Gasteiger partial charge in [0.25, 0.3) is 11.8 Å². The predicted octanol–water partition coefficient (Wildman–Crippen LogP) is -6.14. The van der Waals surface area contributed by atoms with Crippen molar-refractivity contribution in [2.75, 3.05) is 45.3 Å². The second-order valence-electron chi connectivity index (χ2n) is 20.5. The number of amides is 10. The quantitative estimate of drug-likeness (QED) is 0.0138. The third-order valence-electron chi connectivity index (χ3n) is 13.4. The Morgan fingerprint density at radius 1 is 0.651 bits per heavy atom. The number of nitrogens with two attached hydrogens (primary N) is 3. The smallest absolute Gasteiger partial charge is 0.331 e. The lowest BCUT2D eigenvalue weighted by molar-refractivity contribution is -0.153. The van der Waals surface area contributed by atoms with Crippen LogP contribution in [0.25, 0.3) is 0 Å². The molecule has 1 aliphatic rings.